The molecule has 0 saturated carbocycles. The Bertz CT molecular complexity index is 803. The lowest BCUT2D eigenvalue weighted by Crippen LogP contribution is -2.32. The van der Waals surface area contributed by atoms with Crippen LogP contribution in [0.1, 0.15) is 58.2 Å². The topological polar surface area (TPSA) is 59.2 Å². The normalized spacial score (nSPS) is 25.2. The van der Waals surface area contributed by atoms with Crippen LogP contribution < -0.4 is 5.73 Å². The second-order valence-electron chi connectivity index (χ2n) is 6.97. The lowest BCUT2D eigenvalue weighted by molar-refractivity contribution is 0.0777. The largest absolute Gasteiger partial charge is 0.336 e. The first kappa shape index (κ1) is 16.1. The standard InChI is InChI=1S/C18H20ClN3OS/c1-9(2)16-15(21-18(19)24-16)17(23)22-7-12-10-5-3-4-6-11(10)14(20)13(12)8-22/h3-6,9,12-14H,7-8,20H2,1-2H3/t12-,13-,14-/m1/s1. The number of aromatic nitrogens is 1. The first-order valence-electron chi connectivity index (χ1n) is 8.27. The molecule has 2 N–H and O–H groups in total. The summed E-state index contributed by atoms with van der Waals surface area (Å²) in [6, 6.07) is 8.35. The summed E-state index contributed by atoms with van der Waals surface area (Å²) in [5, 5.41) is 0. The minimum atomic E-state index is -0.0130. The summed E-state index contributed by atoms with van der Waals surface area (Å²) in [4.78, 5) is 20.2. The van der Waals surface area contributed by atoms with Gasteiger partial charge in [0.1, 0.15) is 5.69 Å². The average Bonchev–Trinajstić information content (AvgIpc) is 3.22. The molecule has 1 saturated heterocycles. The van der Waals surface area contributed by atoms with E-state index in [1.807, 2.05) is 11.0 Å². The van der Waals surface area contributed by atoms with Crippen LogP contribution >= 0.6 is 22.9 Å². The van der Waals surface area contributed by atoms with Crippen molar-refractivity contribution < 1.29 is 4.79 Å². The molecule has 1 aromatic carbocycles. The highest BCUT2D eigenvalue weighted by atomic mass is 35.5. The van der Waals surface area contributed by atoms with Crippen molar-refractivity contribution in [1.82, 2.24) is 9.88 Å². The van der Waals surface area contributed by atoms with Crippen LogP contribution in [-0.2, 0) is 0 Å². The number of thiazole rings is 1. The molecule has 0 unspecified atom stereocenters. The lowest BCUT2D eigenvalue weighted by Gasteiger charge is -2.19. The van der Waals surface area contributed by atoms with E-state index in [1.54, 1.807) is 0 Å². The molecule has 0 radical (unpaired) electrons. The first-order valence-corrected chi connectivity index (χ1v) is 9.46. The molecule has 1 aliphatic heterocycles. The van der Waals surface area contributed by atoms with Gasteiger partial charge < -0.3 is 10.6 Å². The van der Waals surface area contributed by atoms with Crippen LogP contribution in [0.2, 0.25) is 4.47 Å². The number of hydrogen-bond donors (Lipinski definition) is 1. The van der Waals surface area contributed by atoms with Crippen LogP contribution in [0.15, 0.2) is 24.3 Å². The van der Waals surface area contributed by atoms with Crippen LogP contribution in [0.5, 0.6) is 0 Å². The number of carbonyl (C=O) groups is 1. The van der Waals surface area contributed by atoms with E-state index in [9.17, 15) is 4.79 Å². The van der Waals surface area contributed by atoms with Gasteiger partial charge in [-0.25, -0.2) is 4.98 Å². The number of likely N-dealkylation sites (tertiary alicyclic amines) is 1. The highest BCUT2D eigenvalue weighted by molar-refractivity contribution is 7.16. The van der Waals surface area contributed by atoms with Crippen molar-refractivity contribution in [3.05, 3.63) is 50.4 Å². The fourth-order valence-electron chi connectivity index (χ4n) is 4.07. The third-order valence-electron chi connectivity index (χ3n) is 5.22. The van der Waals surface area contributed by atoms with Crippen LogP contribution in [0.3, 0.4) is 0 Å². The van der Waals surface area contributed by atoms with E-state index in [0.29, 0.717) is 35.1 Å². The van der Waals surface area contributed by atoms with Crippen LogP contribution in [-0.4, -0.2) is 28.9 Å². The number of hydrogen-bond acceptors (Lipinski definition) is 4. The fourth-order valence-corrected chi connectivity index (χ4v) is 5.19. The van der Waals surface area contributed by atoms with Gasteiger partial charge in [0.15, 0.2) is 4.47 Å². The van der Waals surface area contributed by atoms with Gasteiger partial charge in [-0.05, 0) is 17.0 Å². The van der Waals surface area contributed by atoms with Gasteiger partial charge in [0.05, 0.1) is 0 Å². The van der Waals surface area contributed by atoms with Crippen LogP contribution in [0.25, 0.3) is 0 Å². The van der Waals surface area contributed by atoms with Gasteiger partial charge in [0, 0.05) is 35.8 Å². The van der Waals surface area contributed by atoms with E-state index < -0.39 is 0 Å². The number of amides is 1. The molecule has 2 heterocycles. The smallest absolute Gasteiger partial charge is 0.273 e. The maximum atomic E-state index is 13.0. The van der Waals surface area contributed by atoms with E-state index >= 15 is 0 Å². The highest BCUT2D eigenvalue weighted by Gasteiger charge is 2.46. The molecule has 3 atom stereocenters. The number of benzene rings is 1. The predicted molar refractivity (Wildman–Crippen MR) is 96.7 cm³/mol. The Balaban J connectivity index is 1.62. The van der Waals surface area contributed by atoms with Crippen molar-refractivity contribution in [3.8, 4) is 0 Å². The Kier molecular flexibility index (Phi) is 3.90. The van der Waals surface area contributed by atoms with E-state index in [1.165, 1.54) is 22.5 Å². The number of fused-ring (bicyclic) bond motifs is 3. The Hall–Kier alpha value is -1.43. The van der Waals surface area contributed by atoms with Gasteiger partial charge in [-0.1, -0.05) is 49.7 Å². The summed E-state index contributed by atoms with van der Waals surface area (Å²) in [5.41, 5.74) is 9.49. The molecule has 0 bridgehead atoms. The molecule has 0 spiro atoms. The molecule has 1 fully saturated rings. The molecule has 2 aromatic rings. The third-order valence-corrected chi connectivity index (χ3v) is 6.68. The highest BCUT2D eigenvalue weighted by Crippen LogP contribution is 2.48. The van der Waals surface area contributed by atoms with Gasteiger partial charge in [-0.2, -0.15) is 0 Å². The van der Waals surface area contributed by atoms with E-state index in [0.717, 1.165) is 4.88 Å². The summed E-state index contributed by atoms with van der Waals surface area (Å²) in [6.45, 7) is 5.52. The summed E-state index contributed by atoms with van der Waals surface area (Å²) < 4.78 is 0.434. The predicted octanol–water partition coefficient (Wildman–Crippen LogP) is 3.79. The summed E-state index contributed by atoms with van der Waals surface area (Å²) in [5.74, 6) is 0.847. The molecule has 24 heavy (non-hydrogen) atoms. The summed E-state index contributed by atoms with van der Waals surface area (Å²) in [7, 11) is 0. The molecule has 4 nitrogen and oxygen atoms in total. The number of halogens is 1. The monoisotopic (exact) mass is 361 g/mol. The van der Waals surface area contributed by atoms with Crippen molar-refractivity contribution in [2.24, 2.45) is 11.7 Å². The number of carbonyl (C=O) groups excluding carboxylic acids is 1. The summed E-state index contributed by atoms with van der Waals surface area (Å²) >= 11 is 7.47. The molecule has 2 aliphatic rings. The zero-order chi connectivity index (χ0) is 17.0. The SMILES string of the molecule is CC(C)c1sc(Cl)nc1C(=O)N1C[C@H]2[C@H](N)c3ccccc3[C@H]2C1. The molecule has 6 heteroatoms. The van der Waals surface area contributed by atoms with Gasteiger partial charge in [-0.15, -0.1) is 11.3 Å². The lowest BCUT2D eigenvalue weighted by atomic mass is 9.95. The number of nitrogens with two attached hydrogens (primary N) is 1. The van der Waals surface area contributed by atoms with Crippen LogP contribution in [0.4, 0.5) is 0 Å². The van der Waals surface area contributed by atoms with E-state index in [2.05, 4.69) is 37.0 Å². The second kappa shape index (κ2) is 5.83. The third kappa shape index (κ3) is 2.38. The maximum Gasteiger partial charge on any atom is 0.273 e. The van der Waals surface area contributed by atoms with Crippen LogP contribution in [0, 0.1) is 5.92 Å². The maximum absolute atomic E-state index is 13.0. The van der Waals surface area contributed by atoms with Crippen molar-refractivity contribution in [3.63, 3.8) is 0 Å². The quantitative estimate of drug-likeness (QED) is 0.885. The molecule has 126 valence electrons. The second-order valence-corrected chi connectivity index (χ2v) is 8.58. The minimum absolute atomic E-state index is 0.00703. The van der Waals surface area contributed by atoms with Crippen molar-refractivity contribution in [1.29, 1.82) is 0 Å². The van der Waals surface area contributed by atoms with Crippen molar-refractivity contribution in [2.75, 3.05) is 13.1 Å². The molecule has 1 amide bonds. The average molecular weight is 362 g/mol. The molecule has 4 rings (SSSR count). The zero-order valence-electron chi connectivity index (χ0n) is 13.7. The zero-order valence-corrected chi connectivity index (χ0v) is 15.3. The summed E-state index contributed by atoms with van der Waals surface area (Å²) in [6.07, 6.45) is 0. The van der Waals surface area contributed by atoms with Gasteiger partial charge in [0.25, 0.3) is 5.91 Å². The molecule has 1 aromatic heterocycles. The van der Waals surface area contributed by atoms with E-state index in [-0.39, 0.29) is 17.9 Å². The minimum Gasteiger partial charge on any atom is -0.336 e. The first-order chi connectivity index (χ1) is 11.5. The van der Waals surface area contributed by atoms with Gasteiger partial charge in [0.2, 0.25) is 0 Å². The van der Waals surface area contributed by atoms with Crippen molar-refractivity contribution in [2.45, 2.75) is 31.7 Å². The molecular weight excluding hydrogens is 342 g/mol. The Morgan fingerprint density at radius 1 is 1.33 bits per heavy atom. The fraction of sp³-hybridized carbons (Fsp3) is 0.444. The van der Waals surface area contributed by atoms with Gasteiger partial charge >= 0.3 is 0 Å². The molecule has 1 aliphatic carbocycles. The Morgan fingerprint density at radius 2 is 2.04 bits per heavy atom. The number of nitrogens with zero attached hydrogens (tertiary/aromatic N) is 2. The Morgan fingerprint density at radius 3 is 2.75 bits per heavy atom. The van der Waals surface area contributed by atoms with Crippen molar-refractivity contribution >= 4 is 28.8 Å². The Labute approximate surface area is 150 Å². The van der Waals surface area contributed by atoms with E-state index in [4.69, 9.17) is 17.3 Å². The number of rotatable bonds is 2. The molecular formula is C18H20ClN3OS. The van der Waals surface area contributed by atoms with Gasteiger partial charge in [-0.3, -0.25) is 4.79 Å².